The second-order valence-corrected chi connectivity index (χ2v) is 15.2. The molecule has 2 aliphatic rings. The fraction of sp³-hybridized carbons (Fsp3) is 0.391. The van der Waals surface area contributed by atoms with E-state index in [4.69, 9.17) is 0 Å². The number of allylic oxidation sites excluding steroid dienone is 2. The molecule has 2 unspecified atom stereocenters. The van der Waals surface area contributed by atoms with Crippen LogP contribution in [0.4, 0.5) is 0 Å². The van der Waals surface area contributed by atoms with Crippen LogP contribution in [0.1, 0.15) is 124 Å². The summed E-state index contributed by atoms with van der Waals surface area (Å²) in [7, 11) is 0.943. The largest absolute Gasteiger partial charge is 0.0654 e. The molecule has 242 valence electrons. The molecule has 0 fully saturated rings. The highest BCUT2D eigenvalue weighted by Gasteiger charge is 2.29. The van der Waals surface area contributed by atoms with E-state index in [0.29, 0.717) is 11.8 Å². The average molecular weight is 635 g/mol. The minimum absolute atomic E-state index is 0.554. The van der Waals surface area contributed by atoms with E-state index in [1.54, 1.807) is 22.3 Å². The van der Waals surface area contributed by atoms with Crippen LogP contribution in [0.15, 0.2) is 96.1 Å². The Hall–Kier alpha value is -3.42. The van der Waals surface area contributed by atoms with Crippen LogP contribution in [0.2, 0.25) is 12.1 Å². The molecule has 4 aromatic carbocycles. The Kier molecular flexibility index (Phi) is 11.5. The van der Waals surface area contributed by atoms with Crippen molar-refractivity contribution < 1.29 is 0 Å². The van der Waals surface area contributed by atoms with Crippen molar-refractivity contribution in [1.82, 2.24) is 0 Å². The number of hydrogen-bond acceptors (Lipinski definition) is 0. The van der Waals surface area contributed by atoms with E-state index < -0.39 is 0 Å². The standard InChI is InChI=1S/C46H54Si/c1-5-9-11-15-33-21-25-37(26-22-33)39-17-13-19-41-43(39)29-35(7-3)45(41)31-47-32-46-36(8-4)30-44-40(18-14-20-42(44)46)38-27-23-34(24-28-38)16-12-10-6-2/h13-14,17-30,45-46H,5-12,15-16,31-32H2,1-4H3. The topological polar surface area (TPSA) is 0 Å². The van der Waals surface area contributed by atoms with Crippen molar-refractivity contribution in [2.45, 2.75) is 116 Å². The van der Waals surface area contributed by atoms with Crippen molar-refractivity contribution >= 4 is 21.7 Å². The van der Waals surface area contributed by atoms with Gasteiger partial charge in [0.2, 0.25) is 0 Å². The van der Waals surface area contributed by atoms with Gasteiger partial charge in [0.1, 0.15) is 0 Å². The number of aryl methyl sites for hydroxylation is 2. The van der Waals surface area contributed by atoms with Crippen molar-refractivity contribution in [3.8, 4) is 22.3 Å². The lowest BCUT2D eigenvalue weighted by Crippen LogP contribution is -2.08. The van der Waals surface area contributed by atoms with Gasteiger partial charge in [0.05, 0.1) is 0 Å². The molecule has 2 atom stereocenters. The molecule has 47 heavy (non-hydrogen) atoms. The van der Waals surface area contributed by atoms with Crippen molar-refractivity contribution in [3.05, 3.63) is 129 Å². The lowest BCUT2D eigenvalue weighted by atomic mass is 9.92. The molecule has 4 aromatic rings. The highest BCUT2D eigenvalue weighted by molar-refractivity contribution is 6.36. The molecule has 0 amide bonds. The molecular weight excluding hydrogens is 581 g/mol. The maximum Gasteiger partial charge on any atom is 0.0397 e. The van der Waals surface area contributed by atoms with Crippen molar-refractivity contribution in [3.63, 3.8) is 0 Å². The molecule has 6 rings (SSSR count). The van der Waals surface area contributed by atoms with Crippen LogP contribution in [-0.2, 0) is 12.8 Å². The third-order valence-corrected chi connectivity index (χ3v) is 12.2. The van der Waals surface area contributed by atoms with Gasteiger partial charge in [-0.05, 0) is 94.2 Å². The summed E-state index contributed by atoms with van der Waals surface area (Å²) in [5.74, 6) is 1.11. The van der Waals surface area contributed by atoms with E-state index in [2.05, 4.69) is 125 Å². The summed E-state index contributed by atoms with van der Waals surface area (Å²) in [6.07, 6.45) is 17.5. The molecule has 0 aliphatic heterocycles. The van der Waals surface area contributed by atoms with Gasteiger partial charge in [0, 0.05) is 21.4 Å². The summed E-state index contributed by atoms with van der Waals surface area (Å²) in [6, 6.07) is 35.5. The SMILES string of the molecule is CCCCCc1ccc(-c2cccc3c2C=C(CC)C3C[Si]CC2C(CC)=Cc3c(-c4ccc(CCCCC)cc4)cccc32)cc1. The Morgan fingerprint density at radius 1 is 0.489 bits per heavy atom. The maximum atomic E-state index is 2.54. The number of hydrogen-bond donors (Lipinski definition) is 0. The summed E-state index contributed by atoms with van der Waals surface area (Å²) in [5.41, 5.74) is 17.8. The van der Waals surface area contributed by atoms with Crippen molar-refractivity contribution in [2.24, 2.45) is 0 Å². The highest BCUT2D eigenvalue weighted by Crippen LogP contribution is 2.47. The van der Waals surface area contributed by atoms with Gasteiger partial charge in [0.15, 0.2) is 0 Å². The molecule has 1 heteroatoms. The predicted molar refractivity (Wildman–Crippen MR) is 208 cm³/mol. The second kappa shape index (κ2) is 16.1. The van der Waals surface area contributed by atoms with E-state index in [1.165, 1.54) is 108 Å². The van der Waals surface area contributed by atoms with Crippen molar-refractivity contribution in [1.29, 1.82) is 0 Å². The Morgan fingerprint density at radius 2 is 0.915 bits per heavy atom. The van der Waals surface area contributed by atoms with E-state index >= 15 is 0 Å². The molecule has 0 saturated carbocycles. The number of benzene rings is 4. The molecule has 2 aliphatic carbocycles. The summed E-state index contributed by atoms with van der Waals surface area (Å²) in [5, 5.41) is 0. The maximum absolute atomic E-state index is 2.54. The van der Waals surface area contributed by atoms with Crippen LogP contribution in [0.3, 0.4) is 0 Å². The molecule has 0 N–H and O–H groups in total. The van der Waals surface area contributed by atoms with Gasteiger partial charge in [0.25, 0.3) is 0 Å². The molecule has 0 bridgehead atoms. The highest BCUT2D eigenvalue weighted by atomic mass is 28.2. The van der Waals surface area contributed by atoms with Crippen LogP contribution < -0.4 is 0 Å². The molecule has 0 saturated heterocycles. The Bertz CT molecular complexity index is 1560. The van der Waals surface area contributed by atoms with Gasteiger partial charge in [-0.1, -0.05) is 174 Å². The fourth-order valence-corrected chi connectivity index (χ4v) is 9.69. The van der Waals surface area contributed by atoms with E-state index in [9.17, 15) is 0 Å². The summed E-state index contributed by atoms with van der Waals surface area (Å²) < 4.78 is 0. The average Bonchev–Trinajstić information content (AvgIpc) is 3.67. The van der Waals surface area contributed by atoms with Crippen LogP contribution in [0, 0.1) is 0 Å². The van der Waals surface area contributed by atoms with E-state index in [0.717, 1.165) is 22.4 Å². The zero-order valence-electron chi connectivity index (χ0n) is 29.4. The number of fused-ring (bicyclic) bond motifs is 2. The minimum atomic E-state index is 0.554. The first-order valence-electron chi connectivity index (χ1n) is 18.7. The van der Waals surface area contributed by atoms with Crippen molar-refractivity contribution in [2.75, 3.05) is 0 Å². The van der Waals surface area contributed by atoms with Gasteiger partial charge in [-0.3, -0.25) is 0 Å². The van der Waals surface area contributed by atoms with Gasteiger partial charge in [-0.25, -0.2) is 0 Å². The Labute approximate surface area is 288 Å². The fourth-order valence-electron chi connectivity index (χ4n) is 7.98. The first-order chi connectivity index (χ1) is 23.1. The van der Waals surface area contributed by atoms with Crippen LogP contribution in [0.5, 0.6) is 0 Å². The predicted octanol–water partition coefficient (Wildman–Crippen LogP) is 13.5. The Balaban J connectivity index is 1.16. The van der Waals surface area contributed by atoms with Gasteiger partial charge < -0.3 is 0 Å². The van der Waals surface area contributed by atoms with Crippen LogP contribution in [-0.4, -0.2) is 9.52 Å². The number of unbranched alkanes of at least 4 members (excludes halogenated alkanes) is 4. The van der Waals surface area contributed by atoms with Gasteiger partial charge in [-0.15, -0.1) is 0 Å². The zero-order valence-corrected chi connectivity index (χ0v) is 30.4. The number of rotatable bonds is 16. The molecule has 0 nitrogen and oxygen atoms in total. The van der Waals surface area contributed by atoms with Gasteiger partial charge in [-0.2, -0.15) is 0 Å². The molecule has 0 heterocycles. The van der Waals surface area contributed by atoms with Crippen LogP contribution >= 0.6 is 0 Å². The third kappa shape index (κ3) is 7.52. The van der Waals surface area contributed by atoms with Gasteiger partial charge >= 0.3 is 0 Å². The summed E-state index contributed by atoms with van der Waals surface area (Å²) in [4.78, 5) is 0. The van der Waals surface area contributed by atoms with E-state index in [1.807, 2.05) is 0 Å². The lowest BCUT2D eigenvalue weighted by Gasteiger charge is -2.20. The zero-order chi connectivity index (χ0) is 32.6. The smallest absolute Gasteiger partial charge is 0.0397 e. The third-order valence-electron chi connectivity index (χ3n) is 10.8. The second-order valence-electron chi connectivity index (χ2n) is 13.8. The minimum Gasteiger partial charge on any atom is -0.0654 e. The molecule has 0 aromatic heterocycles. The van der Waals surface area contributed by atoms with Crippen LogP contribution in [0.25, 0.3) is 34.4 Å². The molecular formula is C46H54Si. The first kappa shape index (κ1) is 33.5. The normalized spacial score (nSPS) is 16.6. The summed E-state index contributed by atoms with van der Waals surface area (Å²) in [6.45, 7) is 9.26. The quantitative estimate of drug-likeness (QED) is 0.0850. The Morgan fingerprint density at radius 3 is 1.30 bits per heavy atom. The molecule has 0 spiro atoms. The lowest BCUT2D eigenvalue weighted by molar-refractivity contribution is 0.717. The monoisotopic (exact) mass is 634 g/mol. The first-order valence-corrected chi connectivity index (χ1v) is 20.1. The van der Waals surface area contributed by atoms with E-state index in [-0.39, 0.29) is 0 Å². The molecule has 2 radical (unpaired) electrons. The summed E-state index contributed by atoms with van der Waals surface area (Å²) >= 11 is 0.